The number of rotatable bonds is 5. The average Bonchev–Trinajstić information content (AvgIpc) is 2.47. The molecule has 1 N–H and O–H groups in total. The molecule has 3 nitrogen and oxygen atoms in total. The van der Waals surface area contributed by atoms with Crippen molar-refractivity contribution in [3.05, 3.63) is 35.4 Å². The fourth-order valence-electron chi connectivity index (χ4n) is 3.38. The standard InChI is InChI=1S/C18H27NO2/c1-13(2)15-8-10-17(11-9-15)19(3)12-14-4-6-16(7-5-14)18(20)21/h4-7,13,15,17H,8-12H2,1-3H3,(H,20,21). The first kappa shape index (κ1) is 16.0. The molecule has 0 aliphatic heterocycles. The Morgan fingerprint density at radius 3 is 2.24 bits per heavy atom. The van der Waals surface area contributed by atoms with E-state index in [0.717, 1.165) is 18.4 Å². The van der Waals surface area contributed by atoms with Crippen molar-refractivity contribution >= 4 is 5.97 Å². The summed E-state index contributed by atoms with van der Waals surface area (Å²) in [6.45, 7) is 5.56. The minimum atomic E-state index is -0.859. The van der Waals surface area contributed by atoms with Crippen molar-refractivity contribution in [2.45, 2.75) is 52.1 Å². The van der Waals surface area contributed by atoms with Gasteiger partial charge in [-0.3, -0.25) is 4.90 Å². The van der Waals surface area contributed by atoms with Gasteiger partial charge in [0.2, 0.25) is 0 Å². The molecule has 0 saturated heterocycles. The van der Waals surface area contributed by atoms with Crippen molar-refractivity contribution in [2.24, 2.45) is 11.8 Å². The number of carbonyl (C=O) groups is 1. The first-order chi connectivity index (χ1) is 9.97. The highest BCUT2D eigenvalue weighted by Crippen LogP contribution is 2.32. The normalized spacial score (nSPS) is 22.7. The van der Waals surface area contributed by atoms with E-state index in [0.29, 0.717) is 11.6 Å². The highest BCUT2D eigenvalue weighted by atomic mass is 16.4. The Bertz CT molecular complexity index is 459. The van der Waals surface area contributed by atoms with Gasteiger partial charge in [-0.1, -0.05) is 26.0 Å². The minimum Gasteiger partial charge on any atom is -0.478 e. The predicted molar refractivity (Wildman–Crippen MR) is 85.5 cm³/mol. The minimum absolute atomic E-state index is 0.360. The van der Waals surface area contributed by atoms with Gasteiger partial charge in [0.1, 0.15) is 0 Å². The van der Waals surface area contributed by atoms with Crippen LogP contribution in [0.3, 0.4) is 0 Å². The summed E-state index contributed by atoms with van der Waals surface area (Å²) in [7, 11) is 2.19. The van der Waals surface area contributed by atoms with Crippen molar-refractivity contribution in [1.82, 2.24) is 4.90 Å². The lowest BCUT2D eigenvalue weighted by Gasteiger charge is -2.36. The Balaban J connectivity index is 1.87. The van der Waals surface area contributed by atoms with Gasteiger partial charge in [0.15, 0.2) is 0 Å². The van der Waals surface area contributed by atoms with Crippen LogP contribution in [0.4, 0.5) is 0 Å². The Morgan fingerprint density at radius 1 is 1.19 bits per heavy atom. The number of aromatic carboxylic acids is 1. The summed E-state index contributed by atoms with van der Waals surface area (Å²) in [5.74, 6) is 0.839. The van der Waals surface area contributed by atoms with Gasteiger partial charge in [-0.05, 0) is 62.3 Å². The second-order valence-electron chi connectivity index (χ2n) is 6.73. The van der Waals surface area contributed by atoms with Crippen molar-refractivity contribution in [3.63, 3.8) is 0 Å². The molecular formula is C18H27NO2. The van der Waals surface area contributed by atoms with E-state index >= 15 is 0 Å². The molecule has 2 rings (SSSR count). The van der Waals surface area contributed by atoms with Gasteiger partial charge < -0.3 is 5.11 Å². The maximum atomic E-state index is 10.9. The van der Waals surface area contributed by atoms with E-state index in [2.05, 4.69) is 25.8 Å². The Kier molecular flexibility index (Phi) is 5.40. The molecular weight excluding hydrogens is 262 g/mol. The molecule has 0 bridgehead atoms. The van der Waals surface area contributed by atoms with Gasteiger partial charge in [0.05, 0.1) is 5.56 Å². The summed E-state index contributed by atoms with van der Waals surface area (Å²) >= 11 is 0. The van der Waals surface area contributed by atoms with Gasteiger partial charge in [0, 0.05) is 12.6 Å². The van der Waals surface area contributed by atoms with Gasteiger partial charge in [0.25, 0.3) is 0 Å². The van der Waals surface area contributed by atoms with Crippen LogP contribution in [0.25, 0.3) is 0 Å². The lowest BCUT2D eigenvalue weighted by atomic mass is 9.79. The first-order valence-electron chi connectivity index (χ1n) is 8.00. The third-order valence-electron chi connectivity index (χ3n) is 4.94. The summed E-state index contributed by atoms with van der Waals surface area (Å²) in [5.41, 5.74) is 1.55. The summed E-state index contributed by atoms with van der Waals surface area (Å²) < 4.78 is 0. The summed E-state index contributed by atoms with van der Waals surface area (Å²) in [4.78, 5) is 13.3. The Hall–Kier alpha value is -1.35. The van der Waals surface area contributed by atoms with Crippen LogP contribution in [0, 0.1) is 11.8 Å². The van der Waals surface area contributed by atoms with Crippen LogP contribution >= 0.6 is 0 Å². The molecule has 0 unspecified atom stereocenters. The van der Waals surface area contributed by atoms with E-state index in [4.69, 9.17) is 5.11 Å². The van der Waals surface area contributed by atoms with E-state index < -0.39 is 5.97 Å². The average molecular weight is 289 g/mol. The second-order valence-corrected chi connectivity index (χ2v) is 6.73. The molecule has 0 atom stereocenters. The molecule has 0 amide bonds. The van der Waals surface area contributed by atoms with Gasteiger partial charge in [-0.15, -0.1) is 0 Å². The highest BCUT2D eigenvalue weighted by Gasteiger charge is 2.25. The fourth-order valence-corrected chi connectivity index (χ4v) is 3.38. The Labute approximate surface area is 128 Å². The quantitative estimate of drug-likeness (QED) is 0.889. The zero-order valence-corrected chi connectivity index (χ0v) is 13.4. The third-order valence-corrected chi connectivity index (χ3v) is 4.94. The van der Waals surface area contributed by atoms with Crippen LogP contribution in [0.15, 0.2) is 24.3 Å². The van der Waals surface area contributed by atoms with Crippen LogP contribution in [-0.2, 0) is 6.54 Å². The van der Waals surface area contributed by atoms with E-state index in [9.17, 15) is 4.79 Å². The van der Waals surface area contributed by atoms with Crippen LogP contribution in [-0.4, -0.2) is 29.1 Å². The van der Waals surface area contributed by atoms with Crippen LogP contribution < -0.4 is 0 Å². The lowest BCUT2D eigenvalue weighted by Crippen LogP contribution is -2.35. The number of carboxylic acid groups (broad SMARTS) is 1. The number of nitrogens with zero attached hydrogens (tertiary/aromatic N) is 1. The van der Waals surface area contributed by atoms with Crippen molar-refractivity contribution in [3.8, 4) is 0 Å². The van der Waals surface area contributed by atoms with Crippen LogP contribution in [0.5, 0.6) is 0 Å². The van der Waals surface area contributed by atoms with Crippen LogP contribution in [0.1, 0.15) is 55.5 Å². The molecule has 1 fully saturated rings. The first-order valence-corrected chi connectivity index (χ1v) is 8.00. The molecule has 0 heterocycles. The molecule has 0 aromatic heterocycles. The smallest absolute Gasteiger partial charge is 0.335 e. The zero-order valence-electron chi connectivity index (χ0n) is 13.4. The largest absolute Gasteiger partial charge is 0.478 e. The molecule has 1 aromatic rings. The monoisotopic (exact) mass is 289 g/mol. The molecule has 1 saturated carbocycles. The maximum absolute atomic E-state index is 10.9. The molecule has 3 heteroatoms. The van der Waals surface area contributed by atoms with E-state index in [-0.39, 0.29) is 0 Å². The maximum Gasteiger partial charge on any atom is 0.335 e. The van der Waals surface area contributed by atoms with Gasteiger partial charge in [-0.25, -0.2) is 4.79 Å². The summed E-state index contributed by atoms with van der Waals surface area (Å²) in [6.07, 6.45) is 5.24. The molecule has 0 spiro atoms. The van der Waals surface area contributed by atoms with E-state index in [1.807, 2.05) is 12.1 Å². The summed E-state index contributed by atoms with van der Waals surface area (Å²) in [6, 6.07) is 7.92. The topological polar surface area (TPSA) is 40.5 Å². The van der Waals surface area contributed by atoms with Gasteiger partial charge in [-0.2, -0.15) is 0 Å². The van der Waals surface area contributed by atoms with Gasteiger partial charge >= 0.3 is 5.97 Å². The Morgan fingerprint density at radius 2 is 1.76 bits per heavy atom. The van der Waals surface area contributed by atoms with Crippen LogP contribution in [0.2, 0.25) is 0 Å². The molecule has 21 heavy (non-hydrogen) atoms. The zero-order chi connectivity index (χ0) is 15.4. The molecule has 116 valence electrons. The number of hydrogen-bond donors (Lipinski definition) is 1. The molecule has 0 radical (unpaired) electrons. The number of benzene rings is 1. The SMILES string of the molecule is CC(C)C1CCC(N(C)Cc2ccc(C(=O)O)cc2)CC1. The molecule has 1 aromatic carbocycles. The van der Waals surface area contributed by atoms with Crippen molar-refractivity contribution in [2.75, 3.05) is 7.05 Å². The fraction of sp³-hybridized carbons (Fsp3) is 0.611. The van der Waals surface area contributed by atoms with Crippen molar-refractivity contribution in [1.29, 1.82) is 0 Å². The third kappa shape index (κ3) is 4.31. The van der Waals surface area contributed by atoms with E-state index in [1.165, 1.54) is 31.2 Å². The second kappa shape index (κ2) is 7.08. The predicted octanol–water partition coefficient (Wildman–Crippen LogP) is 4.03. The van der Waals surface area contributed by atoms with E-state index in [1.54, 1.807) is 12.1 Å². The highest BCUT2D eigenvalue weighted by molar-refractivity contribution is 5.87. The molecule has 1 aliphatic carbocycles. The lowest BCUT2D eigenvalue weighted by molar-refractivity contribution is 0.0697. The molecule has 1 aliphatic rings. The van der Waals surface area contributed by atoms with Crippen molar-refractivity contribution < 1.29 is 9.90 Å². The number of hydrogen-bond acceptors (Lipinski definition) is 2. The summed E-state index contributed by atoms with van der Waals surface area (Å²) in [5, 5.41) is 8.92. The number of carboxylic acids is 1.